The van der Waals surface area contributed by atoms with Crippen LogP contribution in [-0.2, 0) is 0 Å². The highest BCUT2D eigenvalue weighted by molar-refractivity contribution is 5.02. The third-order valence-electron chi connectivity index (χ3n) is 5.15. The van der Waals surface area contributed by atoms with Gasteiger partial charge in [-0.15, -0.1) is 0 Å². The molecule has 0 bridgehead atoms. The summed E-state index contributed by atoms with van der Waals surface area (Å²) < 4.78 is 0. The molecule has 1 N–H and O–H groups in total. The summed E-state index contributed by atoms with van der Waals surface area (Å²) in [6, 6.07) is 2.39. The van der Waals surface area contributed by atoms with E-state index in [2.05, 4.69) is 24.1 Å². The van der Waals surface area contributed by atoms with Crippen LogP contribution in [0, 0.1) is 5.41 Å². The van der Waals surface area contributed by atoms with Crippen molar-refractivity contribution in [3.63, 3.8) is 0 Å². The monoisotopic (exact) mass is 208 g/mol. The molecule has 1 saturated carbocycles. The molecule has 2 saturated heterocycles. The number of nitrogens with one attached hydrogen (secondary N) is 1. The van der Waals surface area contributed by atoms with Crippen molar-refractivity contribution < 1.29 is 0 Å². The number of fused-ring (bicyclic) bond motifs is 1. The van der Waals surface area contributed by atoms with Crippen LogP contribution in [-0.4, -0.2) is 36.1 Å². The normalized spacial score (nSPS) is 40.4. The first kappa shape index (κ1) is 10.1. The summed E-state index contributed by atoms with van der Waals surface area (Å²) in [6.45, 7) is 7.52. The molecule has 86 valence electrons. The van der Waals surface area contributed by atoms with Crippen LogP contribution < -0.4 is 5.32 Å². The van der Waals surface area contributed by atoms with Gasteiger partial charge in [-0.1, -0.05) is 6.92 Å². The third kappa shape index (κ3) is 1.72. The third-order valence-corrected chi connectivity index (χ3v) is 5.15. The van der Waals surface area contributed by atoms with Gasteiger partial charge in [-0.3, -0.25) is 4.90 Å². The Morgan fingerprint density at radius 3 is 2.80 bits per heavy atom. The van der Waals surface area contributed by atoms with Gasteiger partial charge in [0.15, 0.2) is 0 Å². The smallest absolute Gasteiger partial charge is 0.0250 e. The molecule has 1 aliphatic carbocycles. The molecular weight excluding hydrogens is 184 g/mol. The minimum Gasteiger partial charge on any atom is -0.309 e. The predicted octanol–water partition coefficient (Wildman–Crippen LogP) is 2.00. The largest absolute Gasteiger partial charge is 0.309 e. The van der Waals surface area contributed by atoms with Crippen LogP contribution >= 0.6 is 0 Å². The molecular formula is C13H24N2. The first-order chi connectivity index (χ1) is 7.19. The molecule has 15 heavy (non-hydrogen) atoms. The lowest BCUT2D eigenvalue weighted by Gasteiger charge is -2.28. The van der Waals surface area contributed by atoms with Crippen molar-refractivity contribution in [2.45, 2.75) is 64.1 Å². The van der Waals surface area contributed by atoms with E-state index in [0.717, 1.165) is 18.1 Å². The Balaban J connectivity index is 1.59. The highest BCUT2D eigenvalue weighted by Gasteiger charge is 2.45. The Labute approximate surface area is 93.4 Å². The van der Waals surface area contributed by atoms with E-state index >= 15 is 0 Å². The van der Waals surface area contributed by atoms with E-state index in [4.69, 9.17) is 0 Å². The van der Waals surface area contributed by atoms with Gasteiger partial charge in [-0.25, -0.2) is 0 Å². The quantitative estimate of drug-likeness (QED) is 0.763. The van der Waals surface area contributed by atoms with Crippen molar-refractivity contribution >= 4 is 0 Å². The van der Waals surface area contributed by atoms with Gasteiger partial charge in [-0.05, 0) is 51.0 Å². The van der Waals surface area contributed by atoms with E-state index in [0.29, 0.717) is 5.41 Å². The fraction of sp³-hybridized carbons (Fsp3) is 1.00. The minimum atomic E-state index is 0.631. The molecule has 2 heterocycles. The SMILES string of the molecule is CC(NC1CCN2CCCC12)C1(C)CC1. The fourth-order valence-electron chi connectivity index (χ4n) is 3.43. The van der Waals surface area contributed by atoms with Gasteiger partial charge in [0.1, 0.15) is 0 Å². The molecule has 3 fully saturated rings. The van der Waals surface area contributed by atoms with Crippen LogP contribution in [0.25, 0.3) is 0 Å². The van der Waals surface area contributed by atoms with Crippen LogP contribution in [0.2, 0.25) is 0 Å². The van der Waals surface area contributed by atoms with E-state index in [1.165, 1.54) is 45.2 Å². The molecule has 3 rings (SSSR count). The second kappa shape index (κ2) is 3.46. The van der Waals surface area contributed by atoms with E-state index < -0.39 is 0 Å². The van der Waals surface area contributed by atoms with Crippen LogP contribution in [0.5, 0.6) is 0 Å². The molecule has 0 aromatic rings. The van der Waals surface area contributed by atoms with Crippen molar-refractivity contribution in [3.8, 4) is 0 Å². The molecule has 3 atom stereocenters. The first-order valence-electron chi connectivity index (χ1n) is 6.69. The van der Waals surface area contributed by atoms with E-state index in [1.807, 2.05) is 0 Å². The molecule has 2 heteroatoms. The summed E-state index contributed by atoms with van der Waals surface area (Å²) in [5.41, 5.74) is 0.631. The zero-order valence-corrected chi connectivity index (χ0v) is 10.1. The maximum absolute atomic E-state index is 3.91. The Hall–Kier alpha value is -0.0800. The second-order valence-corrected chi connectivity index (χ2v) is 6.18. The lowest BCUT2D eigenvalue weighted by molar-refractivity contribution is 0.269. The maximum Gasteiger partial charge on any atom is 0.0250 e. The van der Waals surface area contributed by atoms with Crippen LogP contribution in [0.1, 0.15) is 46.0 Å². The highest BCUT2D eigenvalue weighted by atomic mass is 15.2. The number of nitrogens with zero attached hydrogens (tertiary/aromatic N) is 1. The number of hydrogen-bond donors (Lipinski definition) is 1. The standard InChI is InChI=1S/C13H24N2/c1-10(13(2)6-7-13)14-11-5-9-15-8-3-4-12(11)15/h10-12,14H,3-9H2,1-2H3. The summed E-state index contributed by atoms with van der Waals surface area (Å²) in [5, 5.41) is 3.91. The van der Waals surface area contributed by atoms with E-state index in [9.17, 15) is 0 Å². The van der Waals surface area contributed by atoms with Crippen molar-refractivity contribution in [1.82, 2.24) is 10.2 Å². The number of hydrogen-bond acceptors (Lipinski definition) is 2. The van der Waals surface area contributed by atoms with E-state index in [1.54, 1.807) is 0 Å². The van der Waals surface area contributed by atoms with Crippen molar-refractivity contribution in [2.75, 3.05) is 13.1 Å². The summed E-state index contributed by atoms with van der Waals surface area (Å²) >= 11 is 0. The van der Waals surface area contributed by atoms with Crippen LogP contribution in [0.4, 0.5) is 0 Å². The van der Waals surface area contributed by atoms with Crippen LogP contribution in [0.3, 0.4) is 0 Å². The van der Waals surface area contributed by atoms with Gasteiger partial charge < -0.3 is 5.32 Å². The van der Waals surface area contributed by atoms with Gasteiger partial charge in [0.2, 0.25) is 0 Å². The maximum atomic E-state index is 3.91. The van der Waals surface area contributed by atoms with Gasteiger partial charge >= 0.3 is 0 Å². The number of rotatable bonds is 3. The summed E-state index contributed by atoms with van der Waals surface area (Å²) in [5.74, 6) is 0. The summed E-state index contributed by atoms with van der Waals surface area (Å²) in [4.78, 5) is 2.69. The van der Waals surface area contributed by atoms with Crippen molar-refractivity contribution in [3.05, 3.63) is 0 Å². The molecule has 3 unspecified atom stereocenters. The summed E-state index contributed by atoms with van der Waals surface area (Å²) in [6.07, 6.45) is 7.10. The molecule has 0 spiro atoms. The molecule has 0 amide bonds. The fourth-order valence-corrected chi connectivity index (χ4v) is 3.43. The molecule has 2 nitrogen and oxygen atoms in total. The second-order valence-electron chi connectivity index (χ2n) is 6.18. The zero-order chi connectivity index (χ0) is 10.5. The minimum absolute atomic E-state index is 0.631. The Morgan fingerprint density at radius 2 is 2.07 bits per heavy atom. The highest BCUT2D eigenvalue weighted by Crippen LogP contribution is 2.48. The Kier molecular flexibility index (Phi) is 2.33. The van der Waals surface area contributed by atoms with Gasteiger partial charge in [0.25, 0.3) is 0 Å². The Bertz CT molecular complexity index is 247. The average molecular weight is 208 g/mol. The van der Waals surface area contributed by atoms with Gasteiger partial charge in [-0.2, -0.15) is 0 Å². The molecule has 0 radical (unpaired) electrons. The lowest BCUT2D eigenvalue weighted by atomic mass is 9.97. The molecule has 0 aromatic carbocycles. The topological polar surface area (TPSA) is 15.3 Å². The van der Waals surface area contributed by atoms with Crippen molar-refractivity contribution in [2.24, 2.45) is 5.41 Å². The van der Waals surface area contributed by atoms with Crippen molar-refractivity contribution in [1.29, 1.82) is 0 Å². The Morgan fingerprint density at radius 1 is 1.27 bits per heavy atom. The molecule has 2 aliphatic heterocycles. The first-order valence-corrected chi connectivity index (χ1v) is 6.69. The molecule has 3 aliphatic rings. The van der Waals surface area contributed by atoms with Gasteiger partial charge in [0.05, 0.1) is 0 Å². The van der Waals surface area contributed by atoms with Crippen LogP contribution in [0.15, 0.2) is 0 Å². The van der Waals surface area contributed by atoms with Gasteiger partial charge in [0, 0.05) is 24.7 Å². The van der Waals surface area contributed by atoms with E-state index in [-0.39, 0.29) is 0 Å². The average Bonchev–Trinajstić information content (AvgIpc) is 2.67. The zero-order valence-electron chi connectivity index (χ0n) is 10.1. The molecule has 0 aromatic heterocycles. The predicted molar refractivity (Wildman–Crippen MR) is 62.9 cm³/mol. The summed E-state index contributed by atoms with van der Waals surface area (Å²) in [7, 11) is 0. The lowest BCUT2D eigenvalue weighted by Crippen LogP contribution is -2.46.